The van der Waals surface area contributed by atoms with E-state index in [1.165, 1.54) is 6.07 Å². The first kappa shape index (κ1) is 16.3. The summed E-state index contributed by atoms with van der Waals surface area (Å²) in [6.45, 7) is 0. The van der Waals surface area contributed by atoms with Gasteiger partial charge in [0.05, 0.1) is 5.56 Å². The minimum atomic E-state index is -4.35. The molecule has 0 saturated carbocycles. The van der Waals surface area contributed by atoms with Crippen molar-refractivity contribution in [1.82, 2.24) is 0 Å². The Hall–Kier alpha value is -1.04. The number of hydrogen-bond acceptors (Lipinski definition) is 1. The molecular weight excluding hydrogens is 367 g/mol. The predicted molar refractivity (Wildman–Crippen MR) is 81.2 cm³/mol. The van der Waals surface area contributed by atoms with Gasteiger partial charge in [-0.25, -0.2) is 0 Å². The van der Waals surface area contributed by atoms with E-state index in [0.717, 1.165) is 22.2 Å². The summed E-state index contributed by atoms with van der Waals surface area (Å²) < 4.78 is 38.8. The van der Waals surface area contributed by atoms with Crippen molar-refractivity contribution < 1.29 is 13.2 Å². The Kier molecular flexibility index (Phi) is 4.96. The van der Waals surface area contributed by atoms with Gasteiger partial charge < -0.3 is 5.73 Å². The largest absolute Gasteiger partial charge is 0.416 e. The zero-order valence-corrected chi connectivity index (χ0v) is 13.1. The number of halogens is 5. The van der Waals surface area contributed by atoms with Gasteiger partial charge in [-0.05, 0) is 41.8 Å². The summed E-state index contributed by atoms with van der Waals surface area (Å²) in [7, 11) is 0. The maximum absolute atomic E-state index is 12.7. The molecule has 0 spiro atoms. The van der Waals surface area contributed by atoms with Crippen LogP contribution in [-0.2, 0) is 12.6 Å². The third-order valence-corrected chi connectivity index (χ3v) is 3.70. The van der Waals surface area contributed by atoms with Crippen molar-refractivity contribution in [3.05, 3.63) is 68.7 Å². The molecule has 0 amide bonds. The molecule has 1 nitrogen and oxygen atoms in total. The number of hydrogen-bond donors (Lipinski definition) is 1. The third kappa shape index (κ3) is 4.46. The Balaban J connectivity index is 2.21. The molecule has 0 aliphatic rings. The quantitative estimate of drug-likeness (QED) is 0.764. The minimum absolute atomic E-state index is 0.302. The van der Waals surface area contributed by atoms with Crippen molar-refractivity contribution in [1.29, 1.82) is 0 Å². The Morgan fingerprint density at radius 3 is 2.48 bits per heavy atom. The van der Waals surface area contributed by atoms with Gasteiger partial charge in [-0.1, -0.05) is 45.7 Å². The summed E-state index contributed by atoms with van der Waals surface area (Å²) in [4.78, 5) is 0. The number of benzene rings is 2. The lowest BCUT2D eigenvalue weighted by molar-refractivity contribution is -0.137. The Bertz CT molecular complexity index is 623. The fourth-order valence-electron chi connectivity index (χ4n) is 2.04. The second-order valence-corrected chi connectivity index (χ2v) is 6.06. The van der Waals surface area contributed by atoms with E-state index in [9.17, 15) is 13.2 Å². The summed E-state index contributed by atoms with van der Waals surface area (Å²) >= 11 is 9.26. The van der Waals surface area contributed by atoms with Gasteiger partial charge in [0.2, 0.25) is 0 Å². The van der Waals surface area contributed by atoms with Gasteiger partial charge in [-0.3, -0.25) is 0 Å². The van der Waals surface area contributed by atoms with Crippen molar-refractivity contribution in [3.63, 3.8) is 0 Å². The molecule has 0 aliphatic heterocycles. The molecule has 2 rings (SSSR count). The van der Waals surface area contributed by atoms with Crippen LogP contribution in [0.4, 0.5) is 13.2 Å². The maximum Gasteiger partial charge on any atom is 0.416 e. The molecule has 112 valence electrons. The second-order valence-electron chi connectivity index (χ2n) is 4.71. The predicted octanol–water partition coefficient (Wildman–Crippen LogP) is 5.36. The first-order valence-corrected chi connectivity index (χ1v) is 7.30. The average molecular weight is 379 g/mol. The Morgan fingerprint density at radius 1 is 1.14 bits per heavy atom. The highest BCUT2D eigenvalue weighted by Gasteiger charge is 2.30. The highest BCUT2D eigenvalue weighted by molar-refractivity contribution is 9.10. The van der Waals surface area contributed by atoms with Gasteiger partial charge in [-0.15, -0.1) is 0 Å². The van der Waals surface area contributed by atoms with Crippen LogP contribution in [0.25, 0.3) is 0 Å². The van der Waals surface area contributed by atoms with E-state index >= 15 is 0 Å². The molecule has 0 saturated heterocycles. The summed E-state index contributed by atoms with van der Waals surface area (Å²) in [6, 6.07) is 10.0. The van der Waals surface area contributed by atoms with Gasteiger partial charge in [0.25, 0.3) is 0 Å². The first-order valence-electron chi connectivity index (χ1n) is 6.13. The molecule has 0 fully saturated rings. The molecule has 0 aromatic heterocycles. The van der Waals surface area contributed by atoms with Gasteiger partial charge >= 0.3 is 6.18 Å². The van der Waals surface area contributed by atoms with Crippen LogP contribution < -0.4 is 5.73 Å². The van der Waals surface area contributed by atoms with Crippen LogP contribution in [0.15, 0.2) is 46.9 Å². The van der Waals surface area contributed by atoms with Crippen molar-refractivity contribution in [3.8, 4) is 0 Å². The van der Waals surface area contributed by atoms with Crippen molar-refractivity contribution in [2.75, 3.05) is 0 Å². The summed E-state index contributed by atoms with van der Waals surface area (Å²) in [5.41, 5.74) is 6.70. The lowest BCUT2D eigenvalue weighted by atomic mass is 9.98. The maximum atomic E-state index is 12.7. The van der Waals surface area contributed by atoms with Crippen LogP contribution >= 0.6 is 27.5 Å². The molecule has 21 heavy (non-hydrogen) atoms. The second kappa shape index (κ2) is 6.38. The fraction of sp³-hybridized carbons (Fsp3) is 0.200. The summed E-state index contributed by atoms with van der Waals surface area (Å²) in [5, 5.41) is 0.527. The van der Waals surface area contributed by atoms with Crippen molar-refractivity contribution in [2.45, 2.75) is 18.6 Å². The third-order valence-electron chi connectivity index (χ3n) is 3.02. The Morgan fingerprint density at radius 2 is 1.86 bits per heavy atom. The molecule has 1 atom stereocenters. The van der Waals surface area contributed by atoms with Crippen molar-refractivity contribution in [2.24, 2.45) is 5.73 Å². The normalized spacial score (nSPS) is 13.2. The van der Waals surface area contributed by atoms with E-state index in [4.69, 9.17) is 17.3 Å². The van der Waals surface area contributed by atoms with Crippen molar-refractivity contribution >= 4 is 27.5 Å². The van der Waals surface area contributed by atoms with Crippen LogP contribution in [0.1, 0.15) is 22.7 Å². The van der Waals surface area contributed by atoms with Crippen LogP contribution in [0.3, 0.4) is 0 Å². The van der Waals surface area contributed by atoms with E-state index in [-0.39, 0.29) is 0 Å². The lowest BCUT2D eigenvalue weighted by Gasteiger charge is -2.14. The van der Waals surface area contributed by atoms with E-state index in [1.807, 2.05) is 6.07 Å². The number of alkyl halides is 3. The van der Waals surface area contributed by atoms with Gasteiger partial charge in [0, 0.05) is 15.5 Å². The Labute approximate surface area is 134 Å². The minimum Gasteiger partial charge on any atom is -0.324 e. The van der Waals surface area contributed by atoms with Gasteiger partial charge in [0.1, 0.15) is 0 Å². The first-order chi connectivity index (χ1) is 9.75. The fourth-order valence-corrected chi connectivity index (χ4v) is 2.92. The smallest absolute Gasteiger partial charge is 0.324 e. The highest BCUT2D eigenvalue weighted by Crippen LogP contribution is 2.31. The molecular formula is C15H12BrClF3N. The molecule has 0 aliphatic carbocycles. The molecule has 0 heterocycles. The monoisotopic (exact) mass is 377 g/mol. The summed E-state index contributed by atoms with van der Waals surface area (Å²) in [6.07, 6.45) is -4.05. The molecule has 2 aromatic carbocycles. The van der Waals surface area contributed by atoms with E-state index in [1.54, 1.807) is 18.2 Å². The van der Waals surface area contributed by atoms with E-state index < -0.39 is 17.8 Å². The summed E-state index contributed by atoms with van der Waals surface area (Å²) in [5.74, 6) is 0. The van der Waals surface area contributed by atoms with Crippen LogP contribution in [0.5, 0.6) is 0 Å². The molecule has 1 unspecified atom stereocenters. The highest BCUT2D eigenvalue weighted by atomic mass is 79.9. The number of nitrogens with two attached hydrogens (primary N) is 1. The standard InChI is InChI=1S/C15H12BrClF3N/c16-12-6-10(7-13(17)8-12)14(21)5-9-2-1-3-11(4-9)15(18,19)20/h1-4,6-8,14H,5,21H2. The zero-order chi connectivity index (χ0) is 15.6. The molecule has 0 radical (unpaired) electrons. The lowest BCUT2D eigenvalue weighted by Crippen LogP contribution is -2.14. The SMILES string of the molecule is NC(Cc1cccc(C(F)(F)F)c1)c1cc(Cl)cc(Br)c1. The van der Waals surface area contributed by atoms with Gasteiger partial charge in [-0.2, -0.15) is 13.2 Å². The average Bonchev–Trinajstić information content (AvgIpc) is 2.37. The van der Waals surface area contributed by atoms with Crippen LogP contribution in [0, 0.1) is 0 Å². The molecule has 2 aromatic rings. The molecule has 0 bridgehead atoms. The van der Waals surface area contributed by atoms with Gasteiger partial charge in [0.15, 0.2) is 0 Å². The molecule has 6 heteroatoms. The molecule has 2 N–H and O–H groups in total. The van der Waals surface area contributed by atoms with E-state index in [2.05, 4.69) is 15.9 Å². The topological polar surface area (TPSA) is 26.0 Å². The van der Waals surface area contributed by atoms with E-state index in [0.29, 0.717) is 17.0 Å². The van der Waals surface area contributed by atoms with Crippen LogP contribution in [-0.4, -0.2) is 0 Å². The zero-order valence-electron chi connectivity index (χ0n) is 10.8. The number of rotatable bonds is 3. The van der Waals surface area contributed by atoms with Crippen LogP contribution in [0.2, 0.25) is 5.02 Å².